The summed E-state index contributed by atoms with van der Waals surface area (Å²) in [7, 11) is 0. The van der Waals surface area contributed by atoms with Crippen LogP contribution in [0.15, 0.2) is 77.7 Å². The Bertz CT molecular complexity index is 997. The second-order valence-corrected chi connectivity index (χ2v) is 5.45. The Labute approximate surface area is 149 Å². The van der Waals surface area contributed by atoms with Gasteiger partial charge in [0, 0.05) is 29.9 Å². The lowest BCUT2D eigenvalue weighted by Crippen LogP contribution is -2.09. The summed E-state index contributed by atoms with van der Waals surface area (Å²) in [5.74, 6) is 0.703. The van der Waals surface area contributed by atoms with Crippen LogP contribution in [-0.2, 0) is 0 Å². The van der Waals surface area contributed by atoms with Gasteiger partial charge < -0.3 is 8.98 Å². The van der Waals surface area contributed by atoms with Crippen LogP contribution in [-0.4, -0.2) is 14.5 Å². The molecule has 4 rings (SSSR count). The average molecular weight is 356 g/mol. The van der Waals surface area contributed by atoms with E-state index in [9.17, 15) is 10.1 Å². The first-order valence-electron chi connectivity index (χ1n) is 7.42. The molecule has 6 nitrogen and oxygen atoms in total. The summed E-state index contributed by atoms with van der Waals surface area (Å²) in [6.07, 6.45) is 5.31. The first-order valence-corrected chi connectivity index (χ1v) is 7.42. The molecule has 0 amide bonds. The minimum Gasteiger partial charge on any atom is -0.458 e. The smallest absolute Gasteiger partial charge is 0.270 e. The zero-order valence-corrected chi connectivity index (χ0v) is 13.8. The maximum absolute atomic E-state index is 11.0. The van der Waals surface area contributed by atoms with E-state index >= 15 is 0 Å². The molecule has 2 heterocycles. The molecule has 0 saturated heterocycles. The van der Waals surface area contributed by atoms with Gasteiger partial charge in [0.15, 0.2) is 0 Å². The lowest BCUT2D eigenvalue weighted by atomic mass is 10.0. The number of nitrogens with zero attached hydrogens (tertiary/aromatic N) is 3. The van der Waals surface area contributed by atoms with Crippen molar-refractivity contribution >= 4 is 29.1 Å². The van der Waals surface area contributed by atoms with Gasteiger partial charge in [0.1, 0.15) is 17.4 Å². The molecule has 126 valence electrons. The van der Waals surface area contributed by atoms with Crippen molar-refractivity contribution in [2.24, 2.45) is 0 Å². The van der Waals surface area contributed by atoms with E-state index in [2.05, 4.69) is 4.98 Å². The summed E-state index contributed by atoms with van der Waals surface area (Å²) >= 11 is 0. The zero-order chi connectivity index (χ0) is 16.5. The number of imidazole rings is 1. The third kappa shape index (κ3) is 3.12. The number of benzene rings is 2. The third-order valence-corrected chi connectivity index (χ3v) is 3.94. The largest absolute Gasteiger partial charge is 0.458 e. The molecule has 2 aromatic carbocycles. The molecule has 0 aliphatic rings. The summed E-state index contributed by atoms with van der Waals surface area (Å²) in [5, 5.41) is 11.7. The van der Waals surface area contributed by atoms with E-state index in [1.54, 1.807) is 18.6 Å². The molecule has 0 saturated carbocycles. The second-order valence-electron chi connectivity index (χ2n) is 5.45. The fourth-order valence-electron chi connectivity index (χ4n) is 2.84. The van der Waals surface area contributed by atoms with E-state index in [0.29, 0.717) is 16.7 Å². The molecule has 4 aromatic rings. The van der Waals surface area contributed by atoms with Gasteiger partial charge in [-0.1, -0.05) is 30.3 Å². The second kappa shape index (κ2) is 6.78. The highest BCUT2D eigenvalue weighted by molar-refractivity contribution is 5.85. The molecule has 2 aromatic heterocycles. The van der Waals surface area contributed by atoms with E-state index in [1.807, 2.05) is 47.2 Å². The topological polar surface area (TPSA) is 74.1 Å². The van der Waals surface area contributed by atoms with Gasteiger partial charge in [-0.3, -0.25) is 10.1 Å². The predicted octanol–water partition coefficient (Wildman–Crippen LogP) is 4.60. The monoisotopic (exact) mass is 355 g/mol. The lowest BCUT2D eigenvalue weighted by molar-refractivity contribution is -0.384. The maximum Gasteiger partial charge on any atom is 0.270 e. The number of halogens is 1. The Morgan fingerprint density at radius 3 is 2.60 bits per heavy atom. The molecule has 25 heavy (non-hydrogen) atoms. The number of hydrogen-bond donors (Lipinski definition) is 0. The van der Waals surface area contributed by atoms with Crippen LogP contribution in [0.2, 0.25) is 0 Å². The summed E-state index contributed by atoms with van der Waals surface area (Å²) in [6, 6.07) is 16.2. The molecule has 0 bridgehead atoms. The minimum absolute atomic E-state index is 0. The first-order chi connectivity index (χ1) is 11.7. The Kier molecular flexibility index (Phi) is 4.54. The number of furan rings is 1. The Balaban J connectivity index is 0.00000182. The molecule has 0 aliphatic heterocycles. The van der Waals surface area contributed by atoms with Gasteiger partial charge >= 0.3 is 0 Å². The molecule has 1 unspecified atom stereocenters. The zero-order valence-electron chi connectivity index (χ0n) is 13.0. The SMILES string of the molecule is Cl.O=[N+]([O-])c1ccc2oc(C(c3ccccc3)n3ccnc3)cc2c1. The van der Waals surface area contributed by atoms with Crippen molar-refractivity contribution in [3.8, 4) is 0 Å². The van der Waals surface area contributed by atoms with Gasteiger partial charge in [-0.25, -0.2) is 4.98 Å². The molecule has 0 spiro atoms. The number of fused-ring (bicyclic) bond motifs is 1. The quantitative estimate of drug-likeness (QED) is 0.396. The van der Waals surface area contributed by atoms with Crippen molar-refractivity contribution in [2.45, 2.75) is 6.04 Å². The lowest BCUT2D eigenvalue weighted by Gasteiger charge is -2.16. The Hall–Kier alpha value is -3.12. The van der Waals surface area contributed by atoms with Gasteiger partial charge in [-0.05, 0) is 17.7 Å². The van der Waals surface area contributed by atoms with E-state index in [0.717, 1.165) is 5.56 Å². The van der Waals surface area contributed by atoms with Crippen molar-refractivity contribution in [3.63, 3.8) is 0 Å². The van der Waals surface area contributed by atoms with E-state index < -0.39 is 4.92 Å². The summed E-state index contributed by atoms with van der Waals surface area (Å²) in [5.41, 5.74) is 1.72. The standard InChI is InChI=1S/C18H13N3O3.ClH/c22-21(23)15-6-7-16-14(10-15)11-17(24-16)18(20-9-8-19-12-20)13-4-2-1-3-5-13;/h1-12,18H;1H. The fourth-order valence-corrected chi connectivity index (χ4v) is 2.84. The van der Waals surface area contributed by atoms with Crippen LogP contribution in [0.25, 0.3) is 11.0 Å². The average Bonchev–Trinajstić information content (AvgIpc) is 3.25. The fraction of sp³-hybridized carbons (Fsp3) is 0.0556. The number of hydrogen-bond acceptors (Lipinski definition) is 4. The molecule has 0 aliphatic carbocycles. The highest BCUT2D eigenvalue weighted by Gasteiger charge is 2.21. The van der Waals surface area contributed by atoms with Gasteiger partial charge in [0.2, 0.25) is 0 Å². The van der Waals surface area contributed by atoms with Crippen LogP contribution in [0.4, 0.5) is 5.69 Å². The van der Waals surface area contributed by atoms with Crippen molar-refractivity contribution in [1.82, 2.24) is 9.55 Å². The molecule has 0 radical (unpaired) electrons. The van der Waals surface area contributed by atoms with Crippen LogP contribution < -0.4 is 0 Å². The van der Waals surface area contributed by atoms with E-state index in [1.165, 1.54) is 12.1 Å². The number of nitro groups is 1. The summed E-state index contributed by atoms with van der Waals surface area (Å²) < 4.78 is 7.92. The number of non-ortho nitro benzene ring substituents is 1. The molecular formula is C18H14ClN3O3. The number of aromatic nitrogens is 2. The highest BCUT2D eigenvalue weighted by atomic mass is 35.5. The predicted molar refractivity (Wildman–Crippen MR) is 96.0 cm³/mol. The summed E-state index contributed by atoms with van der Waals surface area (Å²) in [4.78, 5) is 14.7. The van der Waals surface area contributed by atoms with Gasteiger partial charge in [-0.15, -0.1) is 12.4 Å². The maximum atomic E-state index is 11.0. The van der Waals surface area contributed by atoms with Gasteiger partial charge in [0.25, 0.3) is 5.69 Å². The van der Waals surface area contributed by atoms with Crippen LogP contribution in [0.3, 0.4) is 0 Å². The number of nitro benzene ring substituents is 1. The van der Waals surface area contributed by atoms with Crippen molar-refractivity contribution < 1.29 is 9.34 Å². The van der Waals surface area contributed by atoms with Crippen molar-refractivity contribution in [2.75, 3.05) is 0 Å². The highest BCUT2D eigenvalue weighted by Crippen LogP contribution is 2.32. The van der Waals surface area contributed by atoms with Crippen LogP contribution >= 0.6 is 12.4 Å². The molecule has 1 atom stereocenters. The van der Waals surface area contributed by atoms with Gasteiger partial charge in [-0.2, -0.15) is 0 Å². The van der Waals surface area contributed by atoms with Gasteiger partial charge in [0.05, 0.1) is 11.3 Å². The van der Waals surface area contributed by atoms with E-state index in [4.69, 9.17) is 4.42 Å². The molecule has 0 fully saturated rings. The molecular weight excluding hydrogens is 342 g/mol. The van der Waals surface area contributed by atoms with Crippen molar-refractivity contribution in [3.05, 3.63) is 94.8 Å². The van der Waals surface area contributed by atoms with Crippen LogP contribution in [0.5, 0.6) is 0 Å². The third-order valence-electron chi connectivity index (χ3n) is 3.94. The van der Waals surface area contributed by atoms with E-state index in [-0.39, 0.29) is 24.1 Å². The molecule has 7 heteroatoms. The molecule has 0 N–H and O–H groups in total. The first kappa shape index (κ1) is 16.7. The normalized spacial score (nSPS) is 11.8. The minimum atomic E-state index is -0.406. The number of rotatable bonds is 4. The summed E-state index contributed by atoms with van der Waals surface area (Å²) in [6.45, 7) is 0. The Morgan fingerprint density at radius 1 is 1.12 bits per heavy atom. The van der Waals surface area contributed by atoms with Crippen molar-refractivity contribution in [1.29, 1.82) is 0 Å². The Morgan fingerprint density at radius 2 is 1.92 bits per heavy atom. The van der Waals surface area contributed by atoms with Crippen LogP contribution in [0, 0.1) is 10.1 Å². The van der Waals surface area contributed by atoms with Crippen LogP contribution in [0.1, 0.15) is 17.4 Å².